The molecule has 7 nitrogen and oxygen atoms in total. The first-order chi connectivity index (χ1) is 11.0. The van der Waals surface area contributed by atoms with Crippen LogP contribution < -0.4 is 5.32 Å². The van der Waals surface area contributed by atoms with E-state index in [1.165, 1.54) is 12.1 Å². The van der Waals surface area contributed by atoms with Crippen molar-refractivity contribution in [2.24, 2.45) is 5.92 Å². The van der Waals surface area contributed by atoms with Gasteiger partial charge in [0.05, 0.1) is 17.4 Å². The zero-order valence-corrected chi connectivity index (χ0v) is 13.7. The predicted octanol–water partition coefficient (Wildman–Crippen LogP) is 2.57. The van der Waals surface area contributed by atoms with Gasteiger partial charge in [0.25, 0.3) is 5.69 Å². The average Bonchev–Trinajstić information content (AvgIpc) is 2.55. The van der Waals surface area contributed by atoms with E-state index in [4.69, 9.17) is 17.0 Å². The molecule has 1 N–H and O–H groups in total. The first-order valence-corrected chi connectivity index (χ1v) is 7.89. The summed E-state index contributed by atoms with van der Waals surface area (Å²) >= 11 is 5.37. The Hall–Kier alpha value is -2.22. The Kier molecular flexibility index (Phi) is 5.86. The number of piperidine rings is 1. The summed E-state index contributed by atoms with van der Waals surface area (Å²) in [5.41, 5.74) is 0.709. The molecule has 1 aromatic rings. The Morgan fingerprint density at radius 2 is 2.17 bits per heavy atom. The predicted molar refractivity (Wildman–Crippen MR) is 90.2 cm³/mol. The molecule has 0 aliphatic carbocycles. The SMILES string of the molecule is CCOC(=O)[C@@H]1CCCN(C(=S)Nc2ccc([N+](=O)[O-])cc2)C1. The number of nitrogens with one attached hydrogen (secondary N) is 1. The summed E-state index contributed by atoms with van der Waals surface area (Å²) in [6.07, 6.45) is 1.67. The van der Waals surface area contributed by atoms with Crippen LogP contribution >= 0.6 is 12.2 Å². The summed E-state index contributed by atoms with van der Waals surface area (Å²) in [5, 5.41) is 14.2. The molecule has 0 radical (unpaired) electrons. The summed E-state index contributed by atoms with van der Waals surface area (Å²) in [7, 11) is 0. The van der Waals surface area contributed by atoms with E-state index in [0.29, 0.717) is 24.0 Å². The molecule has 0 saturated carbocycles. The number of anilines is 1. The van der Waals surface area contributed by atoms with Crippen molar-refractivity contribution in [3.8, 4) is 0 Å². The quantitative estimate of drug-likeness (QED) is 0.391. The van der Waals surface area contributed by atoms with Gasteiger partial charge in [-0.15, -0.1) is 0 Å². The van der Waals surface area contributed by atoms with Gasteiger partial charge in [-0.25, -0.2) is 0 Å². The Labute approximate surface area is 139 Å². The molecule has 0 bridgehead atoms. The fourth-order valence-electron chi connectivity index (χ4n) is 2.48. The number of nitro groups is 1. The number of benzene rings is 1. The maximum atomic E-state index is 11.8. The number of carbonyl (C=O) groups is 1. The maximum Gasteiger partial charge on any atom is 0.310 e. The number of hydrogen-bond donors (Lipinski definition) is 1. The van der Waals surface area contributed by atoms with Crippen LogP contribution in [0.3, 0.4) is 0 Å². The number of hydrogen-bond acceptors (Lipinski definition) is 5. The van der Waals surface area contributed by atoms with Crippen LogP contribution in [0.4, 0.5) is 11.4 Å². The maximum absolute atomic E-state index is 11.8. The number of carbonyl (C=O) groups excluding carboxylic acids is 1. The molecule has 2 rings (SSSR count). The summed E-state index contributed by atoms with van der Waals surface area (Å²) in [5.74, 6) is -0.351. The van der Waals surface area contributed by atoms with Gasteiger partial charge >= 0.3 is 5.97 Å². The van der Waals surface area contributed by atoms with Crippen LogP contribution in [-0.2, 0) is 9.53 Å². The fourth-order valence-corrected chi connectivity index (χ4v) is 2.77. The summed E-state index contributed by atoms with van der Waals surface area (Å²) in [4.78, 5) is 24.0. The average molecular weight is 337 g/mol. The van der Waals surface area contributed by atoms with E-state index < -0.39 is 4.92 Å². The van der Waals surface area contributed by atoms with Crippen molar-refractivity contribution in [3.05, 3.63) is 34.4 Å². The number of esters is 1. The number of nitro benzene ring substituents is 1. The molecule has 1 fully saturated rings. The molecule has 1 heterocycles. The zero-order valence-electron chi connectivity index (χ0n) is 12.9. The van der Waals surface area contributed by atoms with E-state index in [1.807, 2.05) is 4.90 Å². The molecule has 124 valence electrons. The zero-order chi connectivity index (χ0) is 16.8. The van der Waals surface area contributed by atoms with Gasteiger partial charge in [-0.2, -0.15) is 0 Å². The van der Waals surface area contributed by atoms with Crippen molar-refractivity contribution >= 4 is 34.7 Å². The van der Waals surface area contributed by atoms with E-state index in [0.717, 1.165) is 19.4 Å². The van der Waals surface area contributed by atoms with Crippen molar-refractivity contribution in [2.75, 3.05) is 25.0 Å². The van der Waals surface area contributed by atoms with Gasteiger partial charge in [-0.1, -0.05) is 0 Å². The lowest BCUT2D eigenvalue weighted by Gasteiger charge is -2.33. The normalized spacial score (nSPS) is 17.4. The molecule has 1 aliphatic heterocycles. The summed E-state index contributed by atoms with van der Waals surface area (Å²) in [6.45, 7) is 3.46. The summed E-state index contributed by atoms with van der Waals surface area (Å²) in [6, 6.07) is 6.06. The molecule has 1 atom stereocenters. The molecule has 8 heteroatoms. The third-order valence-electron chi connectivity index (χ3n) is 3.66. The van der Waals surface area contributed by atoms with Crippen LogP contribution in [0.1, 0.15) is 19.8 Å². The highest BCUT2D eigenvalue weighted by atomic mass is 32.1. The van der Waals surface area contributed by atoms with Crippen molar-refractivity contribution < 1.29 is 14.5 Å². The van der Waals surface area contributed by atoms with E-state index in [-0.39, 0.29) is 17.6 Å². The lowest BCUT2D eigenvalue weighted by molar-refractivity contribution is -0.384. The van der Waals surface area contributed by atoms with Crippen molar-refractivity contribution in [3.63, 3.8) is 0 Å². The molecule has 0 spiro atoms. The van der Waals surface area contributed by atoms with Gasteiger partial charge in [0.15, 0.2) is 5.11 Å². The van der Waals surface area contributed by atoms with Crippen LogP contribution in [-0.4, -0.2) is 40.6 Å². The topological polar surface area (TPSA) is 84.7 Å². The van der Waals surface area contributed by atoms with Crippen LogP contribution in [0, 0.1) is 16.0 Å². The summed E-state index contributed by atoms with van der Waals surface area (Å²) < 4.78 is 5.07. The number of likely N-dealkylation sites (tertiary alicyclic amines) is 1. The van der Waals surface area contributed by atoms with Crippen molar-refractivity contribution in [2.45, 2.75) is 19.8 Å². The van der Waals surface area contributed by atoms with Crippen LogP contribution in [0.25, 0.3) is 0 Å². The van der Waals surface area contributed by atoms with Gasteiger partial charge in [-0.05, 0) is 44.1 Å². The number of thiocarbonyl (C=S) groups is 1. The molecule has 0 unspecified atom stereocenters. The highest BCUT2D eigenvalue weighted by Crippen LogP contribution is 2.20. The standard InChI is InChI=1S/C15H19N3O4S/c1-2-22-14(19)11-4-3-9-17(10-11)15(23)16-12-5-7-13(8-6-12)18(20)21/h5-8,11H,2-4,9-10H2,1H3,(H,16,23)/t11-/m1/s1. The minimum Gasteiger partial charge on any atom is -0.466 e. The lowest BCUT2D eigenvalue weighted by atomic mass is 9.98. The Bertz CT molecular complexity index is 591. The number of ether oxygens (including phenoxy) is 1. The minimum absolute atomic E-state index is 0.0295. The fraction of sp³-hybridized carbons (Fsp3) is 0.467. The molecule has 23 heavy (non-hydrogen) atoms. The third-order valence-corrected chi connectivity index (χ3v) is 4.02. The van der Waals surface area contributed by atoms with E-state index in [9.17, 15) is 14.9 Å². The molecule has 1 saturated heterocycles. The highest BCUT2D eigenvalue weighted by Gasteiger charge is 2.28. The Morgan fingerprint density at radius 1 is 1.48 bits per heavy atom. The van der Waals surface area contributed by atoms with Gasteiger partial charge in [0, 0.05) is 30.9 Å². The number of nitrogens with zero attached hydrogens (tertiary/aromatic N) is 2. The van der Waals surface area contributed by atoms with Crippen LogP contribution in [0.2, 0.25) is 0 Å². The smallest absolute Gasteiger partial charge is 0.310 e. The molecular weight excluding hydrogens is 318 g/mol. The first kappa shape index (κ1) is 17.1. The molecule has 1 aromatic carbocycles. The monoisotopic (exact) mass is 337 g/mol. The molecular formula is C15H19N3O4S. The van der Waals surface area contributed by atoms with Gasteiger partial charge in [0.2, 0.25) is 0 Å². The lowest BCUT2D eigenvalue weighted by Crippen LogP contribution is -2.44. The number of rotatable bonds is 4. The van der Waals surface area contributed by atoms with Gasteiger partial charge in [-0.3, -0.25) is 14.9 Å². The molecule has 0 aromatic heterocycles. The van der Waals surface area contributed by atoms with Crippen LogP contribution in [0.5, 0.6) is 0 Å². The van der Waals surface area contributed by atoms with Crippen molar-refractivity contribution in [1.29, 1.82) is 0 Å². The van der Waals surface area contributed by atoms with E-state index >= 15 is 0 Å². The first-order valence-electron chi connectivity index (χ1n) is 7.48. The highest BCUT2D eigenvalue weighted by molar-refractivity contribution is 7.80. The van der Waals surface area contributed by atoms with Gasteiger partial charge < -0.3 is 15.0 Å². The Morgan fingerprint density at radius 3 is 2.78 bits per heavy atom. The minimum atomic E-state index is -0.448. The second-order valence-electron chi connectivity index (χ2n) is 5.27. The Balaban J connectivity index is 1.94. The van der Waals surface area contributed by atoms with Crippen LogP contribution in [0.15, 0.2) is 24.3 Å². The van der Waals surface area contributed by atoms with E-state index in [2.05, 4.69) is 5.32 Å². The molecule has 1 aliphatic rings. The van der Waals surface area contributed by atoms with Crippen molar-refractivity contribution in [1.82, 2.24) is 4.90 Å². The largest absolute Gasteiger partial charge is 0.466 e. The molecule has 0 amide bonds. The third kappa shape index (κ3) is 4.62. The van der Waals surface area contributed by atoms with E-state index in [1.54, 1.807) is 19.1 Å². The second-order valence-corrected chi connectivity index (χ2v) is 5.66. The second kappa shape index (κ2) is 7.87. The van der Waals surface area contributed by atoms with Gasteiger partial charge in [0.1, 0.15) is 0 Å². The number of non-ortho nitro benzene ring substituents is 1.